The van der Waals surface area contributed by atoms with Crippen LogP contribution in [0.4, 0.5) is 36.4 Å². The van der Waals surface area contributed by atoms with Crippen molar-refractivity contribution in [1.82, 2.24) is 0 Å². The smallest absolute Gasteiger partial charge is 0.416 e. The zero-order valence-corrected chi connectivity index (χ0v) is 25.3. The summed E-state index contributed by atoms with van der Waals surface area (Å²) in [5, 5.41) is 31.5. The van der Waals surface area contributed by atoms with Gasteiger partial charge in [-0.1, -0.05) is 48.0 Å². The summed E-state index contributed by atoms with van der Waals surface area (Å²) in [6.45, 7) is 0.847. The maximum absolute atomic E-state index is 14.1. The van der Waals surface area contributed by atoms with Crippen LogP contribution in [0.2, 0.25) is 0 Å². The Hall–Kier alpha value is -4.49. The quantitative estimate of drug-likeness (QED) is 0.100. The first-order valence-electron chi connectivity index (χ1n) is 14.9. The number of carbonyl (C=O) groups is 2. The average Bonchev–Trinajstić information content (AvgIpc) is 3.27. The van der Waals surface area contributed by atoms with E-state index >= 15 is 0 Å². The molecule has 0 radical (unpaired) electrons. The number of nitrogens with zero attached hydrogens (tertiary/aromatic N) is 1. The van der Waals surface area contributed by atoms with Crippen molar-refractivity contribution in [3.05, 3.63) is 106 Å². The van der Waals surface area contributed by atoms with Crippen LogP contribution in [0.3, 0.4) is 0 Å². The van der Waals surface area contributed by atoms with Gasteiger partial charge in [0.25, 0.3) is 0 Å². The van der Waals surface area contributed by atoms with Crippen LogP contribution in [0.25, 0.3) is 11.6 Å². The first kappa shape index (κ1) is 34.8. The molecule has 0 bridgehead atoms. The number of amides is 2. The number of anilines is 1. The third kappa shape index (κ3) is 6.88. The minimum absolute atomic E-state index is 0.0380. The van der Waals surface area contributed by atoms with Crippen molar-refractivity contribution in [2.45, 2.75) is 44.6 Å². The van der Waals surface area contributed by atoms with Crippen molar-refractivity contribution < 1.29 is 55.6 Å². The minimum Gasteiger partial charge on any atom is -0.505 e. The van der Waals surface area contributed by atoms with Gasteiger partial charge in [0.1, 0.15) is 0 Å². The molecule has 0 unspecified atom stereocenters. The molecule has 0 saturated carbocycles. The molecule has 1 aliphatic heterocycles. The first-order chi connectivity index (χ1) is 22.5. The molecule has 0 spiro atoms. The summed E-state index contributed by atoms with van der Waals surface area (Å²) in [5.74, 6) is -7.11. The van der Waals surface area contributed by atoms with Crippen molar-refractivity contribution in [3.8, 4) is 5.75 Å². The Kier molecular flexibility index (Phi) is 9.57. The van der Waals surface area contributed by atoms with Gasteiger partial charge in [-0.25, -0.2) is 9.29 Å². The normalized spacial score (nSPS) is 21.2. The summed E-state index contributed by atoms with van der Waals surface area (Å²) in [7, 11) is 0. The van der Waals surface area contributed by atoms with E-state index in [4.69, 9.17) is 0 Å². The number of aliphatic hydroxyl groups is 2. The van der Waals surface area contributed by atoms with Crippen molar-refractivity contribution in [2.75, 3.05) is 11.5 Å². The summed E-state index contributed by atoms with van der Waals surface area (Å²) in [5.41, 5.74) is -1.70. The van der Waals surface area contributed by atoms with Crippen molar-refractivity contribution in [1.29, 1.82) is 0 Å². The largest absolute Gasteiger partial charge is 0.505 e. The molecule has 0 aromatic heterocycles. The zero-order chi connectivity index (χ0) is 35.1. The third-order valence-corrected chi connectivity index (χ3v) is 8.86. The zero-order valence-electron chi connectivity index (χ0n) is 25.3. The number of aliphatic hydroxyl groups excluding tert-OH is 2. The van der Waals surface area contributed by atoms with E-state index in [9.17, 15) is 55.6 Å². The molecule has 6 nitrogen and oxygen atoms in total. The van der Waals surface area contributed by atoms with E-state index in [1.54, 1.807) is 43.3 Å². The summed E-state index contributed by atoms with van der Waals surface area (Å²) >= 11 is 0. The molecule has 2 amide bonds. The number of fused-ring (bicyclic) bond motifs is 1. The van der Waals surface area contributed by atoms with Gasteiger partial charge in [-0.2, -0.15) is 26.3 Å². The minimum atomic E-state index is -5.21. The molecular formula is C35H30F7NO5. The van der Waals surface area contributed by atoms with Gasteiger partial charge < -0.3 is 15.3 Å². The highest BCUT2D eigenvalue weighted by Crippen LogP contribution is 2.48. The number of allylic oxidation sites excluding steroid dienone is 2. The number of rotatable bonds is 8. The highest BCUT2D eigenvalue weighted by Gasteiger charge is 2.55. The number of phenols is 1. The first-order valence-corrected chi connectivity index (χ1v) is 14.9. The van der Waals surface area contributed by atoms with Crippen molar-refractivity contribution in [3.63, 3.8) is 0 Å². The molecule has 1 fully saturated rings. The molecule has 48 heavy (non-hydrogen) atoms. The summed E-state index contributed by atoms with van der Waals surface area (Å²) in [4.78, 5) is 27.5. The highest BCUT2D eigenvalue weighted by atomic mass is 19.4. The van der Waals surface area contributed by atoms with E-state index in [-0.39, 0.29) is 30.9 Å². The second-order valence-corrected chi connectivity index (χ2v) is 11.9. The lowest BCUT2D eigenvalue weighted by molar-refractivity contribution is -0.143. The number of alkyl halides is 6. The molecule has 3 aromatic carbocycles. The number of halogens is 7. The maximum atomic E-state index is 14.1. The second kappa shape index (κ2) is 13.2. The molecule has 5 rings (SSSR count). The Labute approximate surface area is 270 Å². The SMILES string of the molecule is CC1=C([C@H](O)CC/C(=C/c2ccc(O)c(F)c2)c2ccccc2)[C@H](CO)[C@@H]2C(=O)N(c3cc(C(F)(F)F)cc(C(F)(F)F)c3)C(=O)[C@@H]2C1. The van der Waals surface area contributed by atoms with E-state index in [1.807, 2.05) is 0 Å². The fourth-order valence-electron chi connectivity index (χ4n) is 6.65. The fourth-order valence-corrected chi connectivity index (χ4v) is 6.65. The number of hydrogen-bond acceptors (Lipinski definition) is 5. The molecular weight excluding hydrogens is 647 g/mol. The Bertz CT molecular complexity index is 1750. The number of phenolic OH excluding ortho intramolecular Hbond substituents is 1. The molecule has 2 aliphatic rings. The fraction of sp³-hybridized carbons (Fsp3) is 0.314. The van der Waals surface area contributed by atoms with Gasteiger partial charge in [-0.05, 0) is 78.8 Å². The number of hydrogen-bond donors (Lipinski definition) is 3. The number of carbonyl (C=O) groups excluding carboxylic acids is 2. The van der Waals surface area contributed by atoms with Gasteiger partial charge in [0.2, 0.25) is 11.8 Å². The molecule has 4 atom stereocenters. The topological polar surface area (TPSA) is 98.1 Å². The molecule has 1 heterocycles. The number of benzene rings is 3. The summed E-state index contributed by atoms with van der Waals surface area (Å²) in [6, 6.07) is 13.3. The van der Waals surface area contributed by atoms with E-state index in [1.165, 1.54) is 12.1 Å². The van der Waals surface area contributed by atoms with E-state index in [2.05, 4.69) is 0 Å². The average molecular weight is 678 g/mol. The lowest BCUT2D eigenvalue weighted by Crippen LogP contribution is -2.38. The Morgan fingerprint density at radius 1 is 0.938 bits per heavy atom. The van der Waals surface area contributed by atoms with Gasteiger partial charge in [0.15, 0.2) is 11.6 Å². The van der Waals surface area contributed by atoms with Crippen molar-refractivity contribution >= 4 is 29.2 Å². The summed E-state index contributed by atoms with van der Waals surface area (Å²) in [6.07, 6.45) is -9.88. The Morgan fingerprint density at radius 2 is 1.56 bits per heavy atom. The second-order valence-electron chi connectivity index (χ2n) is 11.9. The highest BCUT2D eigenvalue weighted by molar-refractivity contribution is 6.22. The number of imide groups is 1. The lowest BCUT2D eigenvalue weighted by Gasteiger charge is -2.35. The molecule has 1 aliphatic carbocycles. The van der Waals surface area contributed by atoms with Crippen LogP contribution in [-0.4, -0.2) is 39.8 Å². The van der Waals surface area contributed by atoms with E-state index in [0.717, 1.165) is 11.6 Å². The van der Waals surface area contributed by atoms with Crippen LogP contribution in [-0.2, 0) is 21.9 Å². The predicted molar refractivity (Wildman–Crippen MR) is 161 cm³/mol. The van der Waals surface area contributed by atoms with Crippen molar-refractivity contribution in [2.24, 2.45) is 17.8 Å². The van der Waals surface area contributed by atoms with Gasteiger partial charge in [0.05, 0.1) is 41.4 Å². The third-order valence-electron chi connectivity index (χ3n) is 8.86. The molecule has 3 aromatic rings. The van der Waals surface area contributed by atoms with Crippen LogP contribution >= 0.6 is 0 Å². The monoisotopic (exact) mass is 677 g/mol. The number of aromatic hydroxyl groups is 1. The van der Waals surface area contributed by atoms with Gasteiger partial charge >= 0.3 is 12.4 Å². The van der Waals surface area contributed by atoms with Crippen LogP contribution < -0.4 is 4.90 Å². The van der Waals surface area contributed by atoms with Gasteiger partial charge in [0, 0.05) is 5.92 Å². The van der Waals surface area contributed by atoms with Crippen LogP contribution in [0, 0.1) is 23.6 Å². The Balaban J connectivity index is 1.44. The molecule has 1 saturated heterocycles. The van der Waals surface area contributed by atoms with Crippen LogP contribution in [0.1, 0.15) is 48.4 Å². The van der Waals surface area contributed by atoms with E-state index in [0.29, 0.717) is 33.7 Å². The van der Waals surface area contributed by atoms with Crippen LogP contribution in [0.5, 0.6) is 5.75 Å². The summed E-state index contributed by atoms with van der Waals surface area (Å²) < 4.78 is 95.4. The molecule has 3 N–H and O–H groups in total. The van der Waals surface area contributed by atoms with Gasteiger partial charge in [-0.15, -0.1) is 0 Å². The Morgan fingerprint density at radius 3 is 2.12 bits per heavy atom. The van der Waals surface area contributed by atoms with Crippen LogP contribution in [0.15, 0.2) is 77.9 Å². The standard InChI is InChI=1S/C35H30F7NO5/c1-18-11-25-31(33(48)43(32(25)47)24-15-22(34(37,38)39)14-23(16-24)35(40,41)42)26(17-44)30(18)29(46)10-8-21(20-5-3-2-4-6-20)12-19-7-9-28(45)27(36)13-19/h2-7,9,12-16,25-26,29,31,44-46H,8,10-11,17H2,1H3/b21-12-/t25-,26+,29-,31-/m1/s1. The lowest BCUT2D eigenvalue weighted by atomic mass is 9.68. The molecule has 254 valence electrons. The van der Waals surface area contributed by atoms with Gasteiger partial charge in [-0.3, -0.25) is 9.59 Å². The maximum Gasteiger partial charge on any atom is 0.416 e. The molecule has 13 heteroatoms. The predicted octanol–water partition coefficient (Wildman–Crippen LogP) is 7.39. The van der Waals surface area contributed by atoms with E-state index < -0.39 is 83.0 Å².